The Hall–Kier alpha value is -2.28. The molecule has 3 rings (SSSR count). The fourth-order valence-electron chi connectivity index (χ4n) is 6.55. The van der Waals surface area contributed by atoms with Gasteiger partial charge in [0.2, 0.25) is 0 Å². The van der Waals surface area contributed by atoms with Crippen molar-refractivity contribution in [3.8, 4) is 0 Å². The molecule has 11 heteroatoms. The molecule has 10 atom stereocenters. The number of epoxide rings is 1. The molecule has 11 nitrogen and oxygen atoms in total. The van der Waals surface area contributed by atoms with Gasteiger partial charge in [0, 0.05) is 50.0 Å². The van der Waals surface area contributed by atoms with E-state index in [1.807, 2.05) is 27.7 Å². The first-order chi connectivity index (χ1) is 22.2. The van der Waals surface area contributed by atoms with Crippen LogP contribution >= 0.6 is 0 Å². The fourth-order valence-corrected chi connectivity index (χ4v) is 6.55. The number of cyclic esters (lactones) is 1. The molecule has 4 N–H and O–H groups in total. The number of rotatable bonds is 9. The number of aliphatic hydroxyl groups is 4. The van der Waals surface area contributed by atoms with Gasteiger partial charge in [0.15, 0.2) is 6.10 Å². The summed E-state index contributed by atoms with van der Waals surface area (Å²) in [5, 5.41) is 43.2. The average Bonchev–Trinajstić information content (AvgIpc) is 3.76. The Bertz CT molecular complexity index is 1170. The summed E-state index contributed by atoms with van der Waals surface area (Å²) in [4.78, 5) is 30.1. The quantitative estimate of drug-likeness (QED) is 0.121. The van der Waals surface area contributed by atoms with Gasteiger partial charge < -0.3 is 39.5 Å². The molecule has 0 spiro atoms. The minimum absolute atomic E-state index is 0.000235. The van der Waals surface area contributed by atoms with E-state index < -0.39 is 47.7 Å². The van der Waals surface area contributed by atoms with Crippen LogP contribution in [0.2, 0.25) is 0 Å². The molecule has 2 fully saturated rings. The van der Waals surface area contributed by atoms with Gasteiger partial charge in [-0.1, -0.05) is 45.1 Å². The van der Waals surface area contributed by atoms with Crippen molar-refractivity contribution in [2.24, 2.45) is 11.8 Å². The number of hydrogen-bond donors (Lipinski definition) is 4. The molecule has 274 valence electrons. The van der Waals surface area contributed by atoms with Crippen LogP contribution in [0.5, 0.6) is 0 Å². The SMILES string of the molecule is CCC(O)C(C)C1OC1CC(C)(O)C=CC=C(C)C1OC(=O)CC(O)CCC(C)(O)C(OC(=O)N2CCN(C(C)(C)C)CC2)C=CC1C. The molecule has 3 aliphatic rings. The summed E-state index contributed by atoms with van der Waals surface area (Å²) in [5.74, 6) is -0.953. The lowest BCUT2D eigenvalue weighted by Gasteiger charge is -2.42. The van der Waals surface area contributed by atoms with E-state index >= 15 is 0 Å². The lowest BCUT2D eigenvalue weighted by atomic mass is 9.88. The predicted octanol–water partition coefficient (Wildman–Crippen LogP) is 4.13. The topological polar surface area (TPSA) is 153 Å². The minimum atomic E-state index is -1.49. The first-order valence-corrected chi connectivity index (χ1v) is 17.6. The average molecular weight is 679 g/mol. The molecule has 0 aromatic heterocycles. The molecule has 0 aromatic rings. The van der Waals surface area contributed by atoms with Crippen molar-refractivity contribution in [3.05, 3.63) is 36.0 Å². The van der Waals surface area contributed by atoms with Gasteiger partial charge in [-0.3, -0.25) is 9.69 Å². The van der Waals surface area contributed by atoms with Crippen LogP contribution < -0.4 is 0 Å². The van der Waals surface area contributed by atoms with Crippen molar-refractivity contribution in [1.82, 2.24) is 9.80 Å². The van der Waals surface area contributed by atoms with Crippen molar-refractivity contribution >= 4 is 12.1 Å². The van der Waals surface area contributed by atoms with E-state index in [1.54, 1.807) is 49.1 Å². The molecule has 3 aliphatic heterocycles. The minimum Gasteiger partial charge on any atom is -0.457 e. The maximum atomic E-state index is 13.3. The van der Waals surface area contributed by atoms with E-state index in [1.165, 1.54) is 0 Å². The second-order valence-electron chi connectivity index (χ2n) is 15.7. The number of carbonyl (C=O) groups excluding carboxylic acids is 2. The van der Waals surface area contributed by atoms with Crippen LogP contribution in [0.3, 0.4) is 0 Å². The van der Waals surface area contributed by atoms with Gasteiger partial charge in [0.05, 0.1) is 36.4 Å². The third-order valence-electron chi connectivity index (χ3n) is 10.1. The van der Waals surface area contributed by atoms with Crippen molar-refractivity contribution in [2.45, 2.75) is 148 Å². The second-order valence-corrected chi connectivity index (χ2v) is 15.7. The van der Waals surface area contributed by atoms with Crippen molar-refractivity contribution < 1.29 is 44.2 Å². The third kappa shape index (κ3) is 11.7. The smallest absolute Gasteiger partial charge is 0.410 e. The number of allylic oxidation sites excluding steroid dienone is 2. The van der Waals surface area contributed by atoms with Crippen LogP contribution in [0.4, 0.5) is 4.79 Å². The molecule has 48 heavy (non-hydrogen) atoms. The first kappa shape index (κ1) is 40.2. The molecule has 3 heterocycles. The summed E-state index contributed by atoms with van der Waals surface area (Å²) in [5.41, 5.74) is -1.95. The number of carbonyl (C=O) groups is 2. The number of hydrogen-bond acceptors (Lipinski definition) is 10. The van der Waals surface area contributed by atoms with E-state index in [2.05, 4.69) is 25.7 Å². The van der Waals surface area contributed by atoms with Crippen LogP contribution in [0.15, 0.2) is 36.0 Å². The number of esters is 1. The summed E-state index contributed by atoms with van der Waals surface area (Å²) in [7, 11) is 0. The molecule has 0 aliphatic carbocycles. The molecular formula is C37H62N2O9. The van der Waals surface area contributed by atoms with Crippen molar-refractivity contribution in [3.63, 3.8) is 0 Å². The Morgan fingerprint density at radius 2 is 1.83 bits per heavy atom. The van der Waals surface area contributed by atoms with E-state index in [9.17, 15) is 30.0 Å². The molecule has 0 bridgehead atoms. The first-order valence-electron chi connectivity index (χ1n) is 17.6. The molecule has 2 saturated heterocycles. The predicted molar refractivity (Wildman–Crippen MR) is 184 cm³/mol. The Kier molecular flexibility index (Phi) is 13.9. The number of aliphatic hydroxyl groups excluding tert-OH is 2. The normalized spacial score (nSPS) is 34.1. The molecule has 0 saturated carbocycles. The highest BCUT2D eigenvalue weighted by Crippen LogP contribution is 2.37. The highest BCUT2D eigenvalue weighted by atomic mass is 16.6. The number of piperazine rings is 1. The van der Waals surface area contributed by atoms with E-state index in [4.69, 9.17) is 14.2 Å². The van der Waals surface area contributed by atoms with Gasteiger partial charge in [-0.05, 0) is 72.5 Å². The highest BCUT2D eigenvalue weighted by molar-refractivity contribution is 5.70. The van der Waals surface area contributed by atoms with Crippen LogP contribution in [-0.2, 0) is 19.0 Å². The van der Waals surface area contributed by atoms with E-state index in [0.717, 1.165) is 13.1 Å². The summed E-state index contributed by atoms with van der Waals surface area (Å²) in [6.45, 7) is 19.8. The Morgan fingerprint density at radius 3 is 2.44 bits per heavy atom. The van der Waals surface area contributed by atoms with Crippen molar-refractivity contribution in [2.75, 3.05) is 26.2 Å². The molecular weight excluding hydrogens is 616 g/mol. The van der Waals surface area contributed by atoms with Gasteiger partial charge in [0.25, 0.3) is 0 Å². The zero-order valence-corrected chi connectivity index (χ0v) is 30.6. The number of ether oxygens (including phenoxy) is 3. The van der Waals surface area contributed by atoms with Gasteiger partial charge in [0.1, 0.15) is 11.7 Å². The fraction of sp³-hybridized carbons (Fsp3) is 0.784. The monoisotopic (exact) mass is 678 g/mol. The standard InChI is InChI=1S/C37H62N2O9/c1-10-28(41)26(4)33-29(46-33)23-36(8,44)16-11-12-24(2)32-25(3)13-14-30(37(9,45)17-15-27(40)22-31(42)48-32)47-34(43)38-18-20-39(21-19-38)35(5,6)7/h11-14,16,25-30,32-33,40-41,44-45H,10,15,17-23H2,1-9H3. The van der Waals surface area contributed by atoms with Gasteiger partial charge in [-0.2, -0.15) is 0 Å². The Labute approximate surface area is 287 Å². The second kappa shape index (κ2) is 16.6. The zero-order chi connectivity index (χ0) is 36.0. The van der Waals surface area contributed by atoms with Crippen molar-refractivity contribution in [1.29, 1.82) is 0 Å². The summed E-state index contributed by atoms with van der Waals surface area (Å²) in [6.07, 6.45) is 5.69. The number of nitrogens with zero attached hydrogens (tertiary/aromatic N) is 2. The Balaban J connectivity index is 1.74. The van der Waals surface area contributed by atoms with Gasteiger partial charge in [-0.15, -0.1) is 0 Å². The zero-order valence-electron chi connectivity index (χ0n) is 30.6. The van der Waals surface area contributed by atoms with Gasteiger partial charge in [-0.25, -0.2) is 4.79 Å². The van der Waals surface area contributed by atoms with Crippen LogP contribution in [-0.4, -0.2) is 122 Å². The van der Waals surface area contributed by atoms with E-state index in [0.29, 0.717) is 31.5 Å². The van der Waals surface area contributed by atoms with Crippen LogP contribution in [0.1, 0.15) is 94.4 Å². The van der Waals surface area contributed by atoms with Crippen LogP contribution in [0, 0.1) is 11.8 Å². The molecule has 10 unspecified atom stereocenters. The third-order valence-corrected chi connectivity index (χ3v) is 10.1. The summed E-state index contributed by atoms with van der Waals surface area (Å²) in [6, 6.07) is 0. The van der Waals surface area contributed by atoms with Gasteiger partial charge >= 0.3 is 12.1 Å². The molecule has 0 radical (unpaired) electrons. The maximum absolute atomic E-state index is 13.3. The molecule has 0 aromatic carbocycles. The largest absolute Gasteiger partial charge is 0.457 e. The molecule has 1 amide bonds. The highest BCUT2D eigenvalue weighted by Gasteiger charge is 2.47. The Morgan fingerprint density at radius 1 is 1.19 bits per heavy atom. The summed E-state index contributed by atoms with van der Waals surface area (Å²) >= 11 is 0. The van der Waals surface area contributed by atoms with Crippen LogP contribution in [0.25, 0.3) is 0 Å². The summed E-state index contributed by atoms with van der Waals surface area (Å²) < 4.78 is 17.5. The van der Waals surface area contributed by atoms with E-state index in [-0.39, 0.29) is 48.8 Å². The lowest BCUT2D eigenvalue weighted by molar-refractivity contribution is -0.151. The lowest BCUT2D eigenvalue weighted by Crippen LogP contribution is -2.55. The number of amides is 1. The maximum Gasteiger partial charge on any atom is 0.410 e.